The number of nitrogens with zero attached hydrogens (tertiary/aromatic N) is 1. The predicted molar refractivity (Wildman–Crippen MR) is 96.9 cm³/mol. The smallest absolute Gasteiger partial charge is 0.322 e. The van der Waals surface area contributed by atoms with Crippen LogP contribution in [-0.4, -0.2) is 24.6 Å². The summed E-state index contributed by atoms with van der Waals surface area (Å²) in [6.45, 7) is 2.68. The molecule has 0 bridgehead atoms. The van der Waals surface area contributed by atoms with Gasteiger partial charge in [0.25, 0.3) is 0 Å². The van der Waals surface area contributed by atoms with Gasteiger partial charge in [-0.15, -0.1) is 0 Å². The quantitative estimate of drug-likeness (QED) is 0.848. The zero-order chi connectivity index (χ0) is 17.1. The fraction of sp³-hybridized carbons (Fsp3) is 0.316. The molecule has 2 aromatic carbocycles. The number of hydrogen-bond acceptors (Lipinski definition) is 2. The van der Waals surface area contributed by atoms with E-state index >= 15 is 0 Å². The van der Waals surface area contributed by atoms with E-state index in [1.54, 1.807) is 13.2 Å². The van der Waals surface area contributed by atoms with E-state index in [-0.39, 0.29) is 12.1 Å². The average molecular weight is 345 g/mol. The molecule has 1 aliphatic rings. The first-order valence-electron chi connectivity index (χ1n) is 8.06. The summed E-state index contributed by atoms with van der Waals surface area (Å²) in [4.78, 5) is 14.6. The Labute approximate surface area is 147 Å². The normalized spacial score (nSPS) is 17.0. The Morgan fingerprint density at radius 2 is 2.12 bits per heavy atom. The molecule has 24 heavy (non-hydrogen) atoms. The zero-order valence-electron chi connectivity index (χ0n) is 13.9. The lowest BCUT2D eigenvalue weighted by atomic mass is 10.0. The summed E-state index contributed by atoms with van der Waals surface area (Å²) in [5.74, 6) is 0.810. The van der Waals surface area contributed by atoms with Gasteiger partial charge in [-0.25, -0.2) is 4.79 Å². The number of amides is 2. The molecule has 0 spiro atoms. The molecule has 2 aromatic rings. The van der Waals surface area contributed by atoms with Crippen molar-refractivity contribution in [2.45, 2.75) is 25.8 Å². The van der Waals surface area contributed by atoms with Gasteiger partial charge in [0, 0.05) is 17.3 Å². The van der Waals surface area contributed by atoms with E-state index in [0.717, 1.165) is 36.3 Å². The molecule has 4 nitrogen and oxygen atoms in total. The molecule has 1 heterocycles. The first-order chi connectivity index (χ1) is 11.6. The van der Waals surface area contributed by atoms with Crippen molar-refractivity contribution >= 4 is 23.3 Å². The van der Waals surface area contributed by atoms with Crippen molar-refractivity contribution in [2.24, 2.45) is 0 Å². The summed E-state index contributed by atoms with van der Waals surface area (Å²) < 4.78 is 5.30. The predicted octanol–water partition coefficient (Wildman–Crippen LogP) is 5.03. The van der Waals surface area contributed by atoms with Crippen molar-refractivity contribution in [2.75, 3.05) is 19.0 Å². The van der Waals surface area contributed by atoms with Crippen LogP contribution in [0.25, 0.3) is 0 Å². The van der Waals surface area contributed by atoms with Gasteiger partial charge in [0.05, 0.1) is 13.2 Å². The van der Waals surface area contributed by atoms with Gasteiger partial charge in [-0.3, -0.25) is 0 Å². The SMILES string of the molecule is COc1cccc(C2CCCN2C(=O)Nc2ccc(C)c(Cl)c2)c1. The second-order valence-electron chi connectivity index (χ2n) is 6.02. The third kappa shape index (κ3) is 3.49. The molecule has 0 aliphatic carbocycles. The highest BCUT2D eigenvalue weighted by Gasteiger charge is 2.30. The van der Waals surface area contributed by atoms with Gasteiger partial charge >= 0.3 is 6.03 Å². The van der Waals surface area contributed by atoms with Crippen molar-refractivity contribution in [3.63, 3.8) is 0 Å². The number of carbonyl (C=O) groups excluding carboxylic acids is 1. The number of halogens is 1. The molecule has 1 saturated heterocycles. The number of ether oxygens (including phenoxy) is 1. The maximum absolute atomic E-state index is 12.7. The van der Waals surface area contributed by atoms with E-state index < -0.39 is 0 Å². The maximum Gasteiger partial charge on any atom is 0.322 e. The van der Waals surface area contributed by atoms with Crippen LogP contribution in [0.1, 0.15) is 30.0 Å². The lowest BCUT2D eigenvalue weighted by Gasteiger charge is -2.25. The van der Waals surface area contributed by atoms with Gasteiger partial charge in [0.2, 0.25) is 0 Å². The number of aryl methyl sites for hydroxylation is 1. The Balaban J connectivity index is 1.76. The number of urea groups is 1. The van der Waals surface area contributed by atoms with Crippen LogP contribution in [0.4, 0.5) is 10.5 Å². The molecular formula is C19H21ClN2O2. The molecule has 0 aromatic heterocycles. The molecule has 0 saturated carbocycles. The molecule has 2 amide bonds. The number of nitrogens with one attached hydrogen (secondary N) is 1. The van der Waals surface area contributed by atoms with Crippen LogP contribution in [-0.2, 0) is 0 Å². The Morgan fingerprint density at radius 1 is 1.29 bits per heavy atom. The molecular weight excluding hydrogens is 324 g/mol. The standard InChI is InChI=1S/C19H21ClN2O2/c1-13-8-9-15(12-17(13)20)21-19(23)22-10-4-7-18(22)14-5-3-6-16(11-14)24-2/h3,5-6,8-9,11-12,18H,4,7,10H2,1-2H3,(H,21,23). The van der Waals surface area contributed by atoms with Gasteiger partial charge in [0.1, 0.15) is 5.75 Å². The highest BCUT2D eigenvalue weighted by molar-refractivity contribution is 6.31. The molecule has 1 unspecified atom stereocenters. The van der Waals surface area contributed by atoms with Gasteiger partial charge in [-0.1, -0.05) is 29.8 Å². The third-order valence-corrected chi connectivity index (χ3v) is 4.82. The molecule has 1 aliphatic heterocycles. The maximum atomic E-state index is 12.7. The van der Waals surface area contributed by atoms with Gasteiger partial charge < -0.3 is 15.0 Å². The second-order valence-corrected chi connectivity index (χ2v) is 6.43. The fourth-order valence-electron chi connectivity index (χ4n) is 3.07. The van der Waals surface area contributed by atoms with E-state index in [4.69, 9.17) is 16.3 Å². The minimum absolute atomic E-state index is 0.0704. The summed E-state index contributed by atoms with van der Waals surface area (Å²) in [5.41, 5.74) is 2.81. The number of hydrogen-bond donors (Lipinski definition) is 1. The second kappa shape index (κ2) is 7.14. The number of rotatable bonds is 3. The number of likely N-dealkylation sites (tertiary alicyclic amines) is 1. The zero-order valence-corrected chi connectivity index (χ0v) is 14.6. The molecule has 3 rings (SSSR count). The van der Waals surface area contributed by atoms with E-state index in [0.29, 0.717) is 10.7 Å². The first-order valence-corrected chi connectivity index (χ1v) is 8.44. The Kier molecular flexibility index (Phi) is 4.95. The summed E-state index contributed by atoms with van der Waals surface area (Å²) in [6.07, 6.45) is 1.94. The van der Waals surface area contributed by atoms with Crippen LogP contribution in [0.3, 0.4) is 0 Å². The number of carbonyl (C=O) groups is 1. The summed E-state index contributed by atoms with van der Waals surface area (Å²) in [5, 5.41) is 3.60. The summed E-state index contributed by atoms with van der Waals surface area (Å²) >= 11 is 6.14. The summed E-state index contributed by atoms with van der Waals surface area (Å²) in [6, 6.07) is 13.4. The van der Waals surface area contributed by atoms with Crippen molar-refractivity contribution in [1.29, 1.82) is 0 Å². The van der Waals surface area contributed by atoms with Crippen molar-refractivity contribution < 1.29 is 9.53 Å². The molecule has 1 N–H and O–H groups in total. The monoisotopic (exact) mass is 344 g/mol. The molecule has 1 atom stereocenters. The Morgan fingerprint density at radius 3 is 2.88 bits per heavy atom. The van der Waals surface area contributed by atoms with Crippen molar-refractivity contribution in [3.8, 4) is 5.75 Å². The molecule has 126 valence electrons. The molecule has 1 fully saturated rings. The van der Waals surface area contributed by atoms with Crippen LogP contribution in [0.5, 0.6) is 5.75 Å². The van der Waals surface area contributed by atoms with Crippen LogP contribution in [0.15, 0.2) is 42.5 Å². The van der Waals surface area contributed by atoms with E-state index in [2.05, 4.69) is 5.32 Å². The van der Waals surface area contributed by atoms with E-state index in [1.165, 1.54) is 0 Å². The summed E-state index contributed by atoms with van der Waals surface area (Å²) in [7, 11) is 1.65. The fourth-order valence-corrected chi connectivity index (χ4v) is 3.25. The van der Waals surface area contributed by atoms with Crippen molar-refractivity contribution in [3.05, 3.63) is 58.6 Å². The van der Waals surface area contributed by atoms with Crippen molar-refractivity contribution in [1.82, 2.24) is 4.90 Å². The molecule has 5 heteroatoms. The highest BCUT2D eigenvalue weighted by atomic mass is 35.5. The minimum atomic E-state index is -0.0970. The molecule has 0 radical (unpaired) electrons. The van der Waals surface area contributed by atoms with Gasteiger partial charge in [-0.05, 0) is 55.2 Å². The van der Waals surface area contributed by atoms with Crippen LogP contribution in [0.2, 0.25) is 5.02 Å². The van der Waals surface area contributed by atoms with Gasteiger partial charge in [0.15, 0.2) is 0 Å². The van der Waals surface area contributed by atoms with E-state index in [9.17, 15) is 4.79 Å². The van der Waals surface area contributed by atoms with Crippen LogP contribution in [0, 0.1) is 6.92 Å². The first kappa shape index (κ1) is 16.7. The van der Waals surface area contributed by atoms with Gasteiger partial charge in [-0.2, -0.15) is 0 Å². The van der Waals surface area contributed by atoms with E-state index in [1.807, 2.05) is 48.2 Å². The average Bonchev–Trinajstić information content (AvgIpc) is 3.08. The Bertz CT molecular complexity index is 748. The number of methoxy groups -OCH3 is 1. The third-order valence-electron chi connectivity index (χ3n) is 4.42. The largest absolute Gasteiger partial charge is 0.497 e. The number of anilines is 1. The topological polar surface area (TPSA) is 41.6 Å². The lowest BCUT2D eigenvalue weighted by Crippen LogP contribution is -2.34. The van der Waals surface area contributed by atoms with Crippen LogP contribution >= 0.6 is 11.6 Å². The van der Waals surface area contributed by atoms with Crippen LogP contribution < -0.4 is 10.1 Å². The number of benzene rings is 2. The Hall–Kier alpha value is -2.20. The minimum Gasteiger partial charge on any atom is -0.497 e. The lowest BCUT2D eigenvalue weighted by molar-refractivity contribution is 0.207. The highest BCUT2D eigenvalue weighted by Crippen LogP contribution is 2.34.